The van der Waals surface area contributed by atoms with Crippen LogP contribution in [-0.4, -0.2) is 14.9 Å². The molecule has 18 heavy (non-hydrogen) atoms. The van der Waals surface area contributed by atoms with Crippen LogP contribution in [0.25, 0.3) is 5.69 Å². The first-order chi connectivity index (χ1) is 8.56. The van der Waals surface area contributed by atoms with Crippen molar-refractivity contribution in [3.8, 4) is 5.69 Å². The normalized spacial score (nSPS) is 10.9. The molecule has 4 heteroatoms. The molecule has 2 rings (SSSR count). The average Bonchev–Trinajstić information content (AvgIpc) is 2.64. The summed E-state index contributed by atoms with van der Waals surface area (Å²) in [5, 5.41) is 14.3. The summed E-state index contributed by atoms with van der Waals surface area (Å²) < 4.78 is 1.70. The van der Waals surface area contributed by atoms with Crippen molar-refractivity contribution < 1.29 is 5.11 Å². The number of nitrogens with zero attached hydrogens (tertiary/aromatic N) is 2. The van der Waals surface area contributed by atoms with Crippen LogP contribution in [0.4, 0.5) is 0 Å². The number of aromatic nitrogens is 2. The third kappa shape index (κ3) is 2.28. The Morgan fingerprint density at radius 1 is 1.22 bits per heavy atom. The zero-order valence-electron chi connectivity index (χ0n) is 10.9. The van der Waals surface area contributed by atoms with Crippen molar-refractivity contribution in [3.05, 3.63) is 45.7 Å². The topological polar surface area (TPSA) is 38.0 Å². The monoisotopic (exact) mass is 264 g/mol. The average molecular weight is 265 g/mol. The summed E-state index contributed by atoms with van der Waals surface area (Å²) in [5.74, 6) is 0. The third-order valence-corrected chi connectivity index (χ3v) is 3.34. The SMILES string of the molecule is CCc1nn(-c2cc(C)cc(C)c2)c(Cl)c1CO. The molecule has 2 aromatic rings. The Balaban J connectivity index is 2.60. The summed E-state index contributed by atoms with van der Waals surface area (Å²) in [5.41, 5.74) is 4.84. The molecule has 1 heterocycles. The van der Waals surface area contributed by atoms with Crippen LogP contribution in [0.3, 0.4) is 0 Å². The second kappa shape index (κ2) is 5.12. The molecule has 0 unspecified atom stereocenters. The van der Waals surface area contributed by atoms with E-state index < -0.39 is 0 Å². The van der Waals surface area contributed by atoms with Crippen molar-refractivity contribution in [1.82, 2.24) is 9.78 Å². The predicted octanol–water partition coefficient (Wildman–Crippen LogP) is 3.20. The van der Waals surface area contributed by atoms with Gasteiger partial charge >= 0.3 is 0 Å². The first-order valence-electron chi connectivity index (χ1n) is 6.02. The molecule has 0 amide bonds. The van der Waals surface area contributed by atoms with Crippen molar-refractivity contribution in [2.24, 2.45) is 0 Å². The first-order valence-corrected chi connectivity index (χ1v) is 6.40. The summed E-state index contributed by atoms with van der Waals surface area (Å²) in [6.07, 6.45) is 0.757. The zero-order chi connectivity index (χ0) is 13.3. The van der Waals surface area contributed by atoms with Gasteiger partial charge in [-0.05, 0) is 43.5 Å². The highest BCUT2D eigenvalue weighted by molar-refractivity contribution is 6.30. The Morgan fingerprint density at radius 3 is 2.28 bits per heavy atom. The van der Waals surface area contributed by atoms with Gasteiger partial charge in [-0.3, -0.25) is 0 Å². The van der Waals surface area contributed by atoms with Crippen molar-refractivity contribution in [2.45, 2.75) is 33.8 Å². The number of aliphatic hydroxyl groups excluding tert-OH is 1. The molecule has 96 valence electrons. The Bertz CT molecular complexity index is 555. The van der Waals surface area contributed by atoms with E-state index in [1.54, 1.807) is 4.68 Å². The third-order valence-electron chi connectivity index (χ3n) is 2.95. The van der Waals surface area contributed by atoms with E-state index >= 15 is 0 Å². The van der Waals surface area contributed by atoms with Crippen LogP contribution >= 0.6 is 11.6 Å². The molecule has 1 aromatic heterocycles. The van der Waals surface area contributed by atoms with Crippen LogP contribution in [0.15, 0.2) is 18.2 Å². The van der Waals surface area contributed by atoms with Crippen molar-refractivity contribution in [3.63, 3.8) is 0 Å². The lowest BCUT2D eigenvalue weighted by Gasteiger charge is -2.06. The molecule has 0 radical (unpaired) electrons. The van der Waals surface area contributed by atoms with Crippen LogP contribution in [0.1, 0.15) is 29.3 Å². The molecule has 3 nitrogen and oxygen atoms in total. The van der Waals surface area contributed by atoms with Gasteiger partial charge in [0.05, 0.1) is 18.0 Å². The Kier molecular flexibility index (Phi) is 3.73. The molecule has 0 saturated heterocycles. The minimum absolute atomic E-state index is 0.0766. The van der Waals surface area contributed by atoms with Gasteiger partial charge in [0, 0.05) is 5.56 Å². The van der Waals surface area contributed by atoms with E-state index in [1.807, 2.05) is 32.9 Å². The molecular formula is C14H17ClN2O. The summed E-state index contributed by atoms with van der Waals surface area (Å²) in [7, 11) is 0. The number of halogens is 1. The number of rotatable bonds is 3. The van der Waals surface area contributed by atoms with Gasteiger partial charge in [0.1, 0.15) is 5.15 Å². The molecule has 0 spiro atoms. The summed E-state index contributed by atoms with van der Waals surface area (Å²) in [6.45, 7) is 6.01. The molecule has 0 aliphatic carbocycles. The van der Waals surface area contributed by atoms with Crippen molar-refractivity contribution >= 4 is 11.6 Å². The Hall–Kier alpha value is -1.32. The molecule has 0 bridgehead atoms. The molecule has 1 aromatic carbocycles. The fraction of sp³-hybridized carbons (Fsp3) is 0.357. The summed E-state index contributed by atoms with van der Waals surface area (Å²) in [6, 6.07) is 6.17. The van der Waals surface area contributed by atoms with E-state index in [9.17, 15) is 5.11 Å². The fourth-order valence-electron chi connectivity index (χ4n) is 2.16. The maximum absolute atomic E-state index is 9.36. The zero-order valence-corrected chi connectivity index (χ0v) is 11.6. The van der Waals surface area contributed by atoms with Crippen molar-refractivity contribution in [2.75, 3.05) is 0 Å². The predicted molar refractivity (Wildman–Crippen MR) is 73.3 cm³/mol. The van der Waals surface area contributed by atoms with Gasteiger partial charge in [0.15, 0.2) is 0 Å². The second-order valence-corrected chi connectivity index (χ2v) is 4.84. The van der Waals surface area contributed by atoms with Crippen LogP contribution in [-0.2, 0) is 13.0 Å². The van der Waals surface area contributed by atoms with E-state index in [4.69, 9.17) is 11.6 Å². The van der Waals surface area contributed by atoms with Gasteiger partial charge in [-0.2, -0.15) is 5.10 Å². The molecule has 1 N–H and O–H groups in total. The van der Waals surface area contributed by atoms with Gasteiger partial charge < -0.3 is 5.11 Å². The second-order valence-electron chi connectivity index (χ2n) is 4.49. The molecule has 0 aliphatic heterocycles. The number of aliphatic hydroxyl groups is 1. The van der Waals surface area contributed by atoms with Crippen LogP contribution in [0.2, 0.25) is 5.15 Å². The van der Waals surface area contributed by atoms with E-state index in [0.717, 1.165) is 23.4 Å². The van der Waals surface area contributed by atoms with E-state index in [0.29, 0.717) is 5.15 Å². The minimum Gasteiger partial charge on any atom is -0.391 e. The maximum Gasteiger partial charge on any atom is 0.138 e. The van der Waals surface area contributed by atoms with E-state index in [1.165, 1.54) is 11.1 Å². The number of hydrogen-bond donors (Lipinski definition) is 1. The number of benzene rings is 1. The van der Waals surface area contributed by atoms with Crippen LogP contribution in [0, 0.1) is 13.8 Å². The quantitative estimate of drug-likeness (QED) is 0.925. The van der Waals surface area contributed by atoms with E-state index in [-0.39, 0.29) is 6.61 Å². The maximum atomic E-state index is 9.36. The smallest absolute Gasteiger partial charge is 0.138 e. The first kappa shape index (κ1) is 13.1. The fourth-order valence-corrected chi connectivity index (χ4v) is 2.46. The Labute approximate surface area is 112 Å². The lowest BCUT2D eigenvalue weighted by atomic mass is 10.1. The van der Waals surface area contributed by atoms with Gasteiger partial charge in [-0.25, -0.2) is 4.68 Å². The van der Waals surface area contributed by atoms with E-state index in [2.05, 4.69) is 11.2 Å². The van der Waals surface area contributed by atoms with Crippen molar-refractivity contribution in [1.29, 1.82) is 0 Å². The van der Waals surface area contributed by atoms with Gasteiger partial charge in [0.2, 0.25) is 0 Å². The largest absolute Gasteiger partial charge is 0.391 e. The lowest BCUT2D eigenvalue weighted by Crippen LogP contribution is -1.98. The standard InChI is InChI=1S/C14H17ClN2O/c1-4-13-12(8-18)14(15)17(16-13)11-6-9(2)5-10(3)7-11/h5-7,18H,4,8H2,1-3H3. The Morgan fingerprint density at radius 2 is 1.83 bits per heavy atom. The summed E-state index contributed by atoms with van der Waals surface area (Å²) >= 11 is 6.29. The highest BCUT2D eigenvalue weighted by Crippen LogP contribution is 2.25. The number of hydrogen-bond acceptors (Lipinski definition) is 2. The molecule has 0 fully saturated rings. The highest BCUT2D eigenvalue weighted by Gasteiger charge is 2.15. The molecule has 0 aliphatic rings. The molecule has 0 saturated carbocycles. The minimum atomic E-state index is -0.0766. The number of aryl methyl sites for hydroxylation is 3. The lowest BCUT2D eigenvalue weighted by molar-refractivity contribution is 0.281. The van der Waals surface area contributed by atoms with Gasteiger partial charge in [0.25, 0.3) is 0 Å². The van der Waals surface area contributed by atoms with Gasteiger partial charge in [-0.15, -0.1) is 0 Å². The molecule has 0 atom stereocenters. The van der Waals surface area contributed by atoms with Crippen LogP contribution < -0.4 is 0 Å². The van der Waals surface area contributed by atoms with Crippen LogP contribution in [0.5, 0.6) is 0 Å². The van der Waals surface area contributed by atoms with Gasteiger partial charge in [-0.1, -0.05) is 24.6 Å². The summed E-state index contributed by atoms with van der Waals surface area (Å²) in [4.78, 5) is 0. The highest BCUT2D eigenvalue weighted by atomic mass is 35.5. The molecular weight excluding hydrogens is 248 g/mol.